The second kappa shape index (κ2) is 7.95. The van der Waals surface area contributed by atoms with Crippen LogP contribution in [0, 0.1) is 10.1 Å². The molecule has 0 radical (unpaired) electrons. The third kappa shape index (κ3) is 4.56. The number of amides is 2. The molecule has 0 aliphatic carbocycles. The lowest BCUT2D eigenvalue weighted by Gasteiger charge is -2.19. The largest absolute Gasteiger partial charge is 0.497 e. The van der Waals surface area contributed by atoms with Gasteiger partial charge in [0.1, 0.15) is 17.2 Å². The van der Waals surface area contributed by atoms with Crippen LogP contribution in [0.5, 0.6) is 5.75 Å². The minimum Gasteiger partial charge on any atom is -0.497 e. The van der Waals surface area contributed by atoms with E-state index in [1.54, 1.807) is 31.2 Å². The maximum Gasteiger partial charge on any atom is 0.433 e. The molecular weight excluding hydrogens is 330 g/mol. The van der Waals surface area contributed by atoms with Crippen molar-refractivity contribution < 1.29 is 23.7 Å². The van der Waals surface area contributed by atoms with Gasteiger partial charge in [-0.05, 0) is 25.1 Å². The summed E-state index contributed by atoms with van der Waals surface area (Å²) < 4.78 is 9.95. The number of benzene rings is 1. The molecule has 0 bridgehead atoms. The van der Waals surface area contributed by atoms with E-state index in [0.717, 1.165) is 6.07 Å². The number of carbonyl (C=O) groups excluding carboxylic acids is 2. The zero-order valence-electron chi connectivity index (χ0n) is 13.7. The highest BCUT2D eigenvalue weighted by Gasteiger charge is 2.23. The Labute approximate surface area is 143 Å². The predicted octanol–water partition coefficient (Wildman–Crippen LogP) is 2.30. The zero-order valence-corrected chi connectivity index (χ0v) is 13.7. The molecule has 25 heavy (non-hydrogen) atoms. The molecule has 0 atom stereocenters. The van der Waals surface area contributed by atoms with E-state index in [1.807, 2.05) is 0 Å². The highest BCUT2D eigenvalue weighted by atomic mass is 16.6. The van der Waals surface area contributed by atoms with Crippen molar-refractivity contribution in [1.29, 1.82) is 0 Å². The zero-order chi connectivity index (χ0) is 18.4. The van der Waals surface area contributed by atoms with E-state index in [0.29, 0.717) is 11.4 Å². The second-order valence-corrected chi connectivity index (χ2v) is 4.99. The number of ether oxygens (including phenoxy) is 1. The van der Waals surface area contributed by atoms with Gasteiger partial charge in [-0.1, -0.05) is 6.07 Å². The Balaban J connectivity index is 2.03. The van der Waals surface area contributed by atoms with Crippen LogP contribution in [0.15, 0.2) is 40.8 Å². The number of rotatable bonds is 7. The second-order valence-electron chi connectivity index (χ2n) is 4.99. The molecule has 0 saturated carbocycles. The highest BCUT2D eigenvalue weighted by Crippen LogP contribution is 2.18. The lowest BCUT2D eigenvalue weighted by molar-refractivity contribution is -0.402. The summed E-state index contributed by atoms with van der Waals surface area (Å²) in [5.41, 5.74) is 0.529. The van der Waals surface area contributed by atoms with Crippen LogP contribution < -0.4 is 10.1 Å². The maximum absolute atomic E-state index is 12.3. The van der Waals surface area contributed by atoms with E-state index >= 15 is 0 Å². The van der Waals surface area contributed by atoms with Gasteiger partial charge in [-0.3, -0.25) is 19.7 Å². The van der Waals surface area contributed by atoms with E-state index in [2.05, 4.69) is 5.32 Å². The fraction of sp³-hybridized carbons (Fsp3) is 0.250. The van der Waals surface area contributed by atoms with Crippen LogP contribution in [0.1, 0.15) is 17.5 Å². The molecule has 0 fully saturated rings. The molecule has 1 N–H and O–H groups in total. The Bertz CT molecular complexity index is 786. The van der Waals surface area contributed by atoms with Crippen LogP contribution in [0.25, 0.3) is 0 Å². The molecule has 0 spiro atoms. The van der Waals surface area contributed by atoms with Gasteiger partial charge in [0.15, 0.2) is 5.76 Å². The fourth-order valence-corrected chi connectivity index (χ4v) is 2.10. The topological polar surface area (TPSA) is 115 Å². The van der Waals surface area contributed by atoms with Crippen molar-refractivity contribution in [1.82, 2.24) is 4.90 Å². The van der Waals surface area contributed by atoms with Crippen molar-refractivity contribution in [2.45, 2.75) is 6.92 Å². The highest BCUT2D eigenvalue weighted by molar-refractivity contribution is 5.98. The van der Waals surface area contributed by atoms with Gasteiger partial charge in [0.05, 0.1) is 13.2 Å². The Morgan fingerprint density at radius 2 is 2.08 bits per heavy atom. The Kier molecular flexibility index (Phi) is 5.72. The monoisotopic (exact) mass is 347 g/mol. The smallest absolute Gasteiger partial charge is 0.433 e. The summed E-state index contributed by atoms with van der Waals surface area (Å²) in [5, 5.41) is 13.3. The molecule has 2 amide bonds. The molecule has 2 rings (SSSR count). The molecule has 2 aromatic rings. The molecule has 132 valence electrons. The van der Waals surface area contributed by atoms with Crippen LogP contribution in [-0.4, -0.2) is 41.8 Å². The van der Waals surface area contributed by atoms with E-state index in [1.165, 1.54) is 18.1 Å². The number of carbonyl (C=O) groups is 2. The maximum atomic E-state index is 12.3. The SMILES string of the molecule is CCN(CC(=O)Nc1cccc(OC)c1)C(=O)c1ccc([N+](=O)[O-])o1. The first-order valence-electron chi connectivity index (χ1n) is 7.42. The van der Waals surface area contributed by atoms with Crippen molar-refractivity contribution in [3.63, 3.8) is 0 Å². The molecule has 9 heteroatoms. The quantitative estimate of drug-likeness (QED) is 0.607. The Morgan fingerprint density at radius 1 is 1.32 bits per heavy atom. The van der Waals surface area contributed by atoms with Crippen LogP contribution in [0.3, 0.4) is 0 Å². The first-order chi connectivity index (χ1) is 11.9. The molecule has 1 aromatic carbocycles. The summed E-state index contributed by atoms with van der Waals surface area (Å²) >= 11 is 0. The number of anilines is 1. The lowest BCUT2D eigenvalue weighted by atomic mass is 10.3. The number of hydrogen-bond acceptors (Lipinski definition) is 6. The van der Waals surface area contributed by atoms with Crippen LogP contribution in [0.2, 0.25) is 0 Å². The van der Waals surface area contributed by atoms with Crippen LogP contribution in [0.4, 0.5) is 11.6 Å². The van der Waals surface area contributed by atoms with E-state index in [9.17, 15) is 19.7 Å². The van der Waals surface area contributed by atoms with Gasteiger partial charge >= 0.3 is 5.88 Å². The van der Waals surface area contributed by atoms with Crippen molar-refractivity contribution in [3.05, 3.63) is 52.3 Å². The first-order valence-corrected chi connectivity index (χ1v) is 7.42. The molecule has 0 aliphatic heterocycles. The molecular formula is C16H17N3O6. The molecule has 1 heterocycles. The molecule has 0 saturated heterocycles. The fourth-order valence-electron chi connectivity index (χ4n) is 2.10. The summed E-state index contributed by atoms with van der Waals surface area (Å²) in [6, 6.07) is 9.10. The number of nitrogens with one attached hydrogen (secondary N) is 1. The molecule has 1 aromatic heterocycles. The Hall–Kier alpha value is -3.36. The number of methoxy groups -OCH3 is 1. The van der Waals surface area contributed by atoms with Crippen molar-refractivity contribution in [2.75, 3.05) is 25.5 Å². The standard InChI is InChI=1S/C16H17N3O6/c1-3-18(16(21)13-7-8-15(25-13)19(22)23)10-14(20)17-11-5-4-6-12(9-11)24-2/h4-9H,3,10H2,1-2H3,(H,17,20). The average Bonchev–Trinajstić information content (AvgIpc) is 3.09. The molecule has 0 unspecified atom stereocenters. The summed E-state index contributed by atoms with van der Waals surface area (Å²) in [4.78, 5) is 35.6. The minimum absolute atomic E-state index is 0.192. The summed E-state index contributed by atoms with van der Waals surface area (Å²) in [6.07, 6.45) is 0. The first kappa shape index (κ1) is 18.0. The van der Waals surface area contributed by atoms with Gasteiger partial charge in [-0.25, -0.2) is 0 Å². The number of likely N-dealkylation sites (N-methyl/N-ethyl adjacent to an activating group) is 1. The molecule has 9 nitrogen and oxygen atoms in total. The van der Waals surface area contributed by atoms with Gasteiger partial charge in [0, 0.05) is 18.3 Å². The third-order valence-corrected chi connectivity index (χ3v) is 3.34. The number of hydrogen-bond donors (Lipinski definition) is 1. The van der Waals surface area contributed by atoms with Gasteiger partial charge in [-0.15, -0.1) is 0 Å². The number of nitrogens with zero attached hydrogens (tertiary/aromatic N) is 2. The van der Waals surface area contributed by atoms with Crippen LogP contribution >= 0.6 is 0 Å². The third-order valence-electron chi connectivity index (χ3n) is 3.34. The summed E-state index contributed by atoms with van der Waals surface area (Å²) in [6.45, 7) is 1.70. The van der Waals surface area contributed by atoms with E-state index in [4.69, 9.17) is 9.15 Å². The van der Waals surface area contributed by atoms with E-state index in [-0.39, 0.29) is 18.8 Å². The summed E-state index contributed by atoms with van der Waals surface area (Å²) in [5.74, 6) is -1.15. The minimum atomic E-state index is -0.734. The van der Waals surface area contributed by atoms with Gasteiger partial charge < -0.3 is 19.4 Å². The van der Waals surface area contributed by atoms with Gasteiger partial charge in [0.25, 0.3) is 5.91 Å². The Morgan fingerprint density at radius 3 is 2.68 bits per heavy atom. The van der Waals surface area contributed by atoms with Gasteiger partial charge in [-0.2, -0.15) is 0 Å². The van der Waals surface area contributed by atoms with Gasteiger partial charge in [0.2, 0.25) is 5.91 Å². The lowest BCUT2D eigenvalue weighted by Crippen LogP contribution is -2.37. The van der Waals surface area contributed by atoms with Crippen molar-refractivity contribution in [2.24, 2.45) is 0 Å². The summed E-state index contributed by atoms with van der Waals surface area (Å²) in [7, 11) is 1.51. The van der Waals surface area contributed by atoms with Crippen molar-refractivity contribution in [3.8, 4) is 5.75 Å². The molecule has 0 aliphatic rings. The number of furan rings is 1. The van der Waals surface area contributed by atoms with Crippen LogP contribution in [-0.2, 0) is 4.79 Å². The predicted molar refractivity (Wildman–Crippen MR) is 88.6 cm³/mol. The van der Waals surface area contributed by atoms with E-state index < -0.39 is 22.6 Å². The van der Waals surface area contributed by atoms with Crippen molar-refractivity contribution >= 4 is 23.4 Å². The average molecular weight is 347 g/mol. The number of nitro groups is 1. The normalized spacial score (nSPS) is 10.2.